The number of aryl methyl sites for hydroxylation is 2. The van der Waals surface area contributed by atoms with Crippen LogP contribution < -0.4 is 20.3 Å². The van der Waals surface area contributed by atoms with Gasteiger partial charge in [0.25, 0.3) is 0 Å². The third kappa shape index (κ3) is 6.34. The summed E-state index contributed by atoms with van der Waals surface area (Å²) in [6.07, 6.45) is -0.0752. The molecule has 2 aromatic carbocycles. The summed E-state index contributed by atoms with van der Waals surface area (Å²) in [5, 5.41) is 5.68. The smallest absolute Gasteiger partial charge is 0.243 e. The minimum absolute atomic E-state index is 0.0752. The maximum absolute atomic E-state index is 13.2. The Hall–Kier alpha value is -3.59. The lowest BCUT2D eigenvalue weighted by molar-refractivity contribution is -0.145. The predicted molar refractivity (Wildman–Crippen MR) is 139 cm³/mol. The van der Waals surface area contributed by atoms with Crippen molar-refractivity contribution in [2.45, 2.75) is 26.3 Å². The molecule has 2 saturated heterocycles. The van der Waals surface area contributed by atoms with Crippen LogP contribution in [0.4, 0.5) is 11.4 Å². The number of methoxy groups -OCH3 is 1. The number of nitrogens with one attached hydrogen (secondary N) is 2. The number of ether oxygens (including phenoxy) is 1. The molecule has 2 fully saturated rings. The molecule has 2 N–H and O–H groups in total. The Morgan fingerprint density at radius 2 is 1.75 bits per heavy atom. The molecule has 192 valence electrons. The Morgan fingerprint density at radius 1 is 1.03 bits per heavy atom. The molecule has 2 aromatic rings. The predicted octanol–water partition coefficient (Wildman–Crippen LogP) is 1.79. The van der Waals surface area contributed by atoms with E-state index in [2.05, 4.69) is 26.5 Å². The molecule has 4 rings (SSSR count). The van der Waals surface area contributed by atoms with Crippen LogP contribution in [0.2, 0.25) is 0 Å². The van der Waals surface area contributed by atoms with E-state index in [0.29, 0.717) is 18.8 Å². The van der Waals surface area contributed by atoms with Crippen molar-refractivity contribution in [3.63, 3.8) is 0 Å². The number of hydrogen-bond acceptors (Lipinski definition) is 6. The molecule has 9 nitrogen and oxygen atoms in total. The Morgan fingerprint density at radius 3 is 2.44 bits per heavy atom. The molecule has 0 aromatic heterocycles. The van der Waals surface area contributed by atoms with Crippen LogP contribution in [0, 0.1) is 13.8 Å². The van der Waals surface area contributed by atoms with Gasteiger partial charge in [-0.25, -0.2) is 0 Å². The van der Waals surface area contributed by atoms with Gasteiger partial charge in [-0.05, 0) is 49.2 Å². The normalized spacial score (nSPS) is 18.5. The van der Waals surface area contributed by atoms with Crippen LogP contribution in [0.3, 0.4) is 0 Å². The lowest BCUT2D eigenvalue weighted by Crippen LogP contribution is -2.60. The Bertz CT molecular complexity index is 1090. The number of rotatable bonds is 7. The summed E-state index contributed by atoms with van der Waals surface area (Å²) in [5.74, 6) is 0.129. The molecule has 0 spiro atoms. The second-order valence-corrected chi connectivity index (χ2v) is 9.49. The van der Waals surface area contributed by atoms with Crippen molar-refractivity contribution in [1.29, 1.82) is 0 Å². The summed E-state index contributed by atoms with van der Waals surface area (Å²) >= 11 is 0. The van der Waals surface area contributed by atoms with E-state index in [1.165, 1.54) is 0 Å². The maximum Gasteiger partial charge on any atom is 0.243 e. The highest BCUT2D eigenvalue weighted by Crippen LogP contribution is 2.22. The van der Waals surface area contributed by atoms with E-state index < -0.39 is 6.04 Å². The molecule has 2 heterocycles. The second-order valence-electron chi connectivity index (χ2n) is 9.49. The van der Waals surface area contributed by atoms with Crippen LogP contribution in [-0.4, -0.2) is 86.5 Å². The molecular weight excluding hydrogens is 458 g/mol. The van der Waals surface area contributed by atoms with E-state index in [-0.39, 0.29) is 30.7 Å². The van der Waals surface area contributed by atoms with Gasteiger partial charge in [0.15, 0.2) is 0 Å². The average molecular weight is 494 g/mol. The number of benzene rings is 2. The largest absolute Gasteiger partial charge is 0.497 e. The third-order valence-corrected chi connectivity index (χ3v) is 6.68. The average Bonchev–Trinajstić information content (AvgIpc) is 2.85. The summed E-state index contributed by atoms with van der Waals surface area (Å²) < 4.78 is 5.33. The number of carbonyl (C=O) groups excluding carboxylic acids is 3. The van der Waals surface area contributed by atoms with E-state index in [9.17, 15) is 14.4 Å². The van der Waals surface area contributed by atoms with Gasteiger partial charge in [0.1, 0.15) is 11.8 Å². The summed E-state index contributed by atoms with van der Waals surface area (Å²) in [6.45, 7) is 8.02. The second kappa shape index (κ2) is 11.4. The first kappa shape index (κ1) is 25.5. The van der Waals surface area contributed by atoms with E-state index in [0.717, 1.165) is 48.7 Å². The molecule has 0 radical (unpaired) electrons. The van der Waals surface area contributed by atoms with Crippen molar-refractivity contribution in [3.05, 3.63) is 53.6 Å². The molecule has 2 aliphatic heterocycles. The van der Waals surface area contributed by atoms with Gasteiger partial charge in [-0.3, -0.25) is 19.3 Å². The molecule has 0 aliphatic carbocycles. The van der Waals surface area contributed by atoms with Gasteiger partial charge in [0, 0.05) is 56.7 Å². The molecule has 1 unspecified atom stereocenters. The van der Waals surface area contributed by atoms with Crippen molar-refractivity contribution in [1.82, 2.24) is 15.1 Å². The zero-order valence-electron chi connectivity index (χ0n) is 21.3. The van der Waals surface area contributed by atoms with Crippen LogP contribution in [0.15, 0.2) is 42.5 Å². The lowest BCUT2D eigenvalue weighted by Gasteiger charge is -2.39. The minimum Gasteiger partial charge on any atom is -0.497 e. The Balaban J connectivity index is 1.33. The van der Waals surface area contributed by atoms with E-state index in [1.807, 2.05) is 50.2 Å². The van der Waals surface area contributed by atoms with Gasteiger partial charge in [0.05, 0.1) is 20.1 Å². The Labute approximate surface area is 212 Å². The zero-order chi connectivity index (χ0) is 25.7. The summed E-state index contributed by atoms with van der Waals surface area (Å²) in [4.78, 5) is 44.6. The zero-order valence-corrected chi connectivity index (χ0v) is 21.3. The van der Waals surface area contributed by atoms with Gasteiger partial charge >= 0.3 is 0 Å². The highest BCUT2D eigenvalue weighted by Gasteiger charge is 2.35. The highest BCUT2D eigenvalue weighted by molar-refractivity contribution is 5.97. The first-order chi connectivity index (χ1) is 17.3. The number of piperazine rings is 2. The monoisotopic (exact) mass is 493 g/mol. The molecule has 2 aliphatic rings. The van der Waals surface area contributed by atoms with Crippen molar-refractivity contribution in [3.8, 4) is 5.75 Å². The quantitative estimate of drug-likeness (QED) is 0.611. The highest BCUT2D eigenvalue weighted by atomic mass is 16.5. The molecule has 1 atom stereocenters. The number of amides is 3. The van der Waals surface area contributed by atoms with Gasteiger partial charge in [-0.15, -0.1) is 0 Å². The van der Waals surface area contributed by atoms with Crippen LogP contribution in [0.25, 0.3) is 0 Å². The lowest BCUT2D eigenvalue weighted by atomic mass is 10.1. The molecule has 0 bridgehead atoms. The van der Waals surface area contributed by atoms with Crippen molar-refractivity contribution in [2.24, 2.45) is 0 Å². The number of hydrogen-bond donors (Lipinski definition) is 2. The minimum atomic E-state index is -0.810. The maximum atomic E-state index is 13.2. The SMILES string of the molecule is COc1cccc(N2CCN(CC(=O)N3CCNC(=O)C3CC(=O)Nc3cc(C)cc(C)c3)CC2)c1. The topological polar surface area (TPSA) is 94.2 Å². The van der Waals surface area contributed by atoms with Crippen LogP contribution in [0.5, 0.6) is 5.75 Å². The summed E-state index contributed by atoms with van der Waals surface area (Å²) in [7, 11) is 1.66. The van der Waals surface area contributed by atoms with Crippen LogP contribution in [0.1, 0.15) is 17.5 Å². The van der Waals surface area contributed by atoms with Crippen molar-refractivity contribution >= 4 is 29.1 Å². The number of nitrogens with zero attached hydrogens (tertiary/aromatic N) is 3. The van der Waals surface area contributed by atoms with E-state index >= 15 is 0 Å². The summed E-state index contributed by atoms with van der Waals surface area (Å²) in [6, 6.07) is 13.0. The van der Waals surface area contributed by atoms with Crippen molar-refractivity contribution in [2.75, 3.05) is 63.1 Å². The van der Waals surface area contributed by atoms with Gasteiger partial charge in [0.2, 0.25) is 17.7 Å². The Kier molecular flexibility index (Phi) is 8.10. The van der Waals surface area contributed by atoms with Gasteiger partial charge in [-0.2, -0.15) is 0 Å². The number of anilines is 2. The number of carbonyl (C=O) groups is 3. The molecular formula is C27H35N5O4. The fraction of sp³-hybridized carbons (Fsp3) is 0.444. The molecule has 0 saturated carbocycles. The van der Waals surface area contributed by atoms with Gasteiger partial charge < -0.3 is 25.2 Å². The van der Waals surface area contributed by atoms with Crippen LogP contribution in [-0.2, 0) is 14.4 Å². The van der Waals surface area contributed by atoms with E-state index in [4.69, 9.17) is 4.74 Å². The molecule has 9 heteroatoms. The first-order valence-corrected chi connectivity index (χ1v) is 12.4. The fourth-order valence-corrected chi connectivity index (χ4v) is 4.90. The summed E-state index contributed by atoms with van der Waals surface area (Å²) in [5.41, 5.74) is 3.89. The molecule has 3 amide bonds. The van der Waals surface area contributed by atoms with Crippen molar-refractivity contribution < 1.29 is 19.1 Å². The third-order valence-electron chi connectivity index (χ3n) is 6.68. The van der Waals surface area contributed by atoms with Gasteiger partial charge in [-0.1, -0.05) is 12.1 Å². The fourth-order valence-electron chi connectivity index (χ4n) is 4.90. The van der Waals surface area contributed by atoms with Crippen LogP contribution >= 0.6 is 0 Å². The van der Waals surface area contributed by atoms with E-state index in [1.54, 1.807) is 12.0 Å². The molecule has 36 heavy (non-hydrogen) atoms. The first-order valence-electron chi connectivity index (χ1n) is 12.4. The standard InChI is InChI=1S/C27H35N5O4/c1-19-13-20(2)15-21(14-19)29-25(33)17-24-27(35)28-7-8-32(24)26(34)18-30-9-11-31(12-10-30)22-5-4-6-23(16-22)36-3/h4-6,13-16,24H,7-12,17-18H2,1-3H3,(H,28,35)(H,29,33).